The Kier molecular flexibility index (Phi) is 4.02. The second-order valence-electron chi connectivity index (χ2n) is 4.31. The minimum Gasteiger partial charge on any atom is -0.465 e. The number of rotatable bonds is 5. The van der Waals surface area contributed by atoms with E-state index in [-0.39, 0.29) is 6.04 Å². The van der Waals surface area contributed by atoms with E-state index in [9.17, 15) is 0 Å². The largest absolute Gasteiger partial charge is 0.465 e. The lowest BCUT2D eigenvalue weighted by atomic mass is 10.1. The van der Waals surface area contributed by atoms with Gasteiger partial charge in [0.1, 0.15) is 11.5 Å². The van der Waals surface area contributed by atoms with Crippen molar-refractivity contribution in [2.75, 3.05) is 0 Å². The maximum atomic E-state index is 5.65. The Hall–Kier alpha value is -1.06. The van der Waals surface area contributed by atoms with E-state index >= 15 is 0 Å². The first-order valence-corrected chi connectivity index (χ1v) is 6.94. The minimum absolute atomic E-state index is 0.246. The van der Waals surface area contributed by atoms with Gasteiger partial charge in [0.2, 0.25) is 0 Å². The van der Waals surface area contributed by atoms with Crippen LogP contribution in [0.5, 0.6) is 0 Å². The van der Waals surface area contributed by atoms with Gasteiger partial charge in [-0.05, 0) is 43.8 Å². The Balaban J connectivity index is 2.04. The number of furan rings is 1. The first kappa shape index (κ1) is 12.4. The predicted molar refractivity (Wildman–Crippen MR) is 72.3 cm³/mol. The number of hydrogen-bond acceptors (Lipinski definition) is 3. The van der Waals surface area contributed by atoms with Crippen molar-refractivity contribution in [3.05, 3.63) is 46.0 Å². The topological polar surface area (TPSA) is 25.2 Å². The molecule has 0 saturated carbocycles. The molecule has 17 heavy (non-hydrogen) atoms. The zero-order chi connectivity index (χ0) is 12.3. The lowest BCUT2D eigenvalue weighted by molar-refractivity contribution is 0.381. The molecule has 0 bridgehead atoms. The molecule has 0 aliphatic heterocycles. The summed E-state index contributed by atoms with van der Waals surface area (Å²) >= 11 is 1.80. The summed E-state index contributed by atoms with van der Waals surface area (Å²) in [4.78, 5) is 1.39. The van der Waals surface area contributed by atoms with E-state index in [1.54, 1.807) is 11.3 Å². The second-order valence-corrected chi connectivity index (χ2v) is 5.29. The lowest BCUT2D eigenvalue weighted by Gasteiger charge is -2.20. The van der Waals surface area contributed by atoms with Crippen molar-refractivity contribution < 1.29 is 4.42 Å². The molecule has 0 spiro atoms. The van der Waals surface area contributed by atoms with Gasteiger partial charge in [-0.15, -0.1) is 11.3 Å². The molecule has 2 nitrogen and oxygen atoms in total. The summed E-state index contributed by atoms with van der Waals surface area (Å²) in [6.07, 6.45) is 1.09. The molecular formula is C14H19NOS. The normalized spacial score (nSPS) is 14.8. The highest BCUT2D eigenvalue weighted by Crippen LogP contribution is 2.26. The summed E-state index contributed by atoms with van der Waals surface area (Å²) in [6.45, 7) is 6.33. The zero-order valence-corrected chi connectivity index (χ0v) is 11.4. The molecule has 1 N–H and O–H groups in total. The maximum Gasteiger partial charge on any atom is 0.120 e. The van der Waals surface area contributed by atoms with Crippen LogP contribution in [-0.4, -0.2) is 0 Å². The van der Waals surface area contributed by atoms with Crippen LogP contribution in [0.4, 0.5) is 0 Å². The quantitative estimate of drug-likeness (QED) is 0.846. The van der Waals surface area contributed by atoms with E-state index in [0.29, 0.717) is 6.04 Å². The minimum atomic E-state index is 0.246. The molecule has 0 fully saturated rings. The van der Waals surface area contributed by atoms with Crippen LogP contribution in [0, 0.1) is 6.92 Å². The van der Waals surface area contributed by atoms with E-state index in [0.717, 1.165) is 17.9 Å². The average Bonchev–Trinajstić information content (AvgIpc) is 2.96. The Labute approximate surface area is 107 Å². The van der Waals surface area contributed by atoms with Crippen LogP contribution in [0.25, 0.3) is 0 Å². The third-order valence-corrected chi connectivity index (χ3v) is 3.92. The first-order chi connectivity index (χ1) is 8.20. The fraction of sp³-hybridized carbons (Fsp3) is 0.429. The van der Waals surface area contributed by atoms with Crippen molar-refractivity contribution in [2.45, 2.75) is 39.3 Å². The summed E-state index contributed by atoms with van der Waals surface area (Å²) in [5, 5.41) is 5.74. The van der Waals surface area contributed by atoms with Crippen molar-refractivity contribution in [2.24, 2.45) is 0 Å². The Morgan fingerprint density at radius 1 is 1.35 bits per heavy atom. The highest BCUT2D eigenvalue weighted by Gasteiger charge is 2.16. The predicted octanol–water partition coefficient (Wildman–Crippen LogP) is 4.45. The molecule has 2 aromatic heterocycles. The van der Waals surface area contributed by atoms with Gasteiger partial charge in [-0.25, -0.2) is 0 Å². The van der Waals surface area contributed by atoms with Gasteiger partial charge in [-0.3, -0.25) is 5.32 Å². The van der Waals surface area contributed by atoms with Crippen LogP contribution in [0.2, 0.25) is 0 Å². The number of thiophene rings is 1. The summed E-state index contributed by atoms with van der Waals surface area (Å²) < 4.78 is 5.65. The molecule has 2 unspecified atom stereocenters. The molecule has 0 aliphatic rings. The third kappa shape index (κ3) is 2.99. The van der Waals surface area contributed by atoms with Gasteiger partial charge < -0.3 is 4.42 Å². The van der Waals surface area contributed by atoms with E-state index in [1.807, 2.05) is 19.1 Å². The van der Waals surface area contributed by atoms with E-state index in [4.69, 9.17) is 4.42 Å². The molecule has 0 aromatic carbocycles. The smallest absolute Gasteiger partial charge is 0.120 e. The number of nitrogens with one attached hydrogen (secondary N) is 1. The van der Waals surface area contributed by atoms with Crippen LogP contribution in [0.15, 0.2) is 34.1 Å². The van der Waals surface area contributed by atoms with Crippen LogP contribution in [0.3, 0.4) is 0 Å². The highest BCUT2D eigenvalue weighted by atomic mass is 32.1. The molecular weight excluding hydrogens is 230 g/mol. The molecule has 0 radical (unpaired) electrons. The van der Waals surface area contributed by atoms with Crippen molar-refractivity contribution in [3.8, 4) is 0 Å². The fourth-order valence-corrected chi connectivity index (χ4v) is 2.83. The molecule has 0 saturated heterocycles. The molecule has 2 heterocycles. The zero-order valence-electron chi connectivity index (χ0n) is 10.6. The summed E-state index contributed by atoms with van der Waals surface area (Å²) in [7, 11) is 0. The van der Waals surface area contributed by atoms with Crippen LogP contribution in [0.1, 0.15) is 48.7 Å². The van der Waals surface area contributed by atoms with Crippen molar-refractivity contribution in [3.63, 3.8) is 0 Å². The monoisotopic (exact) mass is 249 g/mol. The second kappa shape index (κ2) is 5.52. The third-order valence-electron chi connectivity index (χ3n) is 2.93. The van der Waals surface area contributed by atoms with Gasteiger partial charge in [-0.2, -0.15) is 0 Å². The summed E-state index contributed by atoms with van der Waals surface area (Å²) in [6, 6.07) is 9.01. The maximum absolute atomic E-state index is 5.65. The van der Waals surface area contributed by atoms with Crippen LogP contribution in [-0.2, 0) is 0 Å². The Morgan fingerprint density at radius 2 is 2.18 bits per heavy atom. The highest BCUT2D eigenvalue weighted by molar-refractivity contribution is 7.10. The van der Waals surface area contributed by atoms with E-state index < -0.39 is 0 Å². The van der Waals surface area contributed by atoms with Crippen molar-refractivity contribution in [1.29, 1.82) is 0 Å². The van der Waals surface area contributed by atoms with E-state index in [2.05, 4.69) is 36.7 Å². The summed E-state index contributed by atoms with van der Waals surface area (Å²) in [5.74, 6) is 1.98. The Bertz CT molecular complexity index is 446. The van der Waals surface area contributed by atoms with Gasteiger partial charge in [0, 0.05) is 10.9 Å². The van der Waals surface area contributed by atoms with Gasteiger partial charge in [0.15, 0.2) is 0 Å². The van der Waals surface area contributed by atoms with E-state index in [1.165, 1.54) is 4.88 Å². The summed E-state index contributed by atoms with van der Waals surface area (Å²) in [5.41, 5.74) is 0. The average molecular weight is 249 g/mol. The molecule has 2 aromatic rings. The molecule has 92 valence electrons. The fourth-order valence-electron chi connectivity index (χ4n) is 1.96. The molecule has 0 aliphatic carbocycles. The number of aryl methyl sites for hydroxylation is 1. The van der Waals surface area contributed by atoms with Gasteiger partial charge in [0.25, 0.3) is 0 Å². The van der Waals surface area contributed by atoms with Crippen LogP contribution < -0.4 is 5.32 Å². The number of hydrogen-bond donors (Lipinski definition) is 1. The molecule has 2 atom stereocenters. The van der Waals surface area contributed by atoms with Crippen molar-refractivity contribution >= 4 is 11.3 Å². The van der Waals surface area contributed by atoms with Gasteiger partial charge in [0.05, 0.1) is 6.04 Å². The SMILES string of the molecule is CCC(NC(C)c1ccc(C)o1)c1cccs1. The van der Waals surface area contributed by atoms with Crippen molar-refractivity contribution in [1.82, 2.24) is 5.32 Å². The molecule has 3 heteroatoms. The molecule has 2 rings (SSSR count). The van der Waals surface area contributed by atoms with Gasteiger partial charge >= 0.3 is 0 Å². The van der Waals surface area contributed by atoms with Crippen LogP contribution >= 0.6 is 11.3 Å². The Morgan fingerprint density at radius 3 is 2.71 bits per heavy atom. The lowest BCUT2D eigenvalue weighted by Crippen LogP contribution is -2.23. The molecule has 0 amide bonds. The van der Waals surface area contributed by atoms with Gasteiger partial charge in [-0.1, -0.05) is 13.0 Å². The standard InChI is InChI=1S/C14H19NOS/c1-4-12(14-6-5-9-17-14)15-11(3)13-8-7-10(2)16-13/h5-9,11-12,15H,4H2,1-3H3. The first-order valence-electron chi connectivity index (χ1n) is 6.06.